The van der Waals surface area contributed by atoms with E-state index in [-0.39, 0.29) is 24.2 Å². The summed E-state index contributed by atoms with van der Waals surface area (Å²) in [6.45, 7) is 14.0. The standard InChI is InChI=1S/C27H43FN4O6/c1-17-15-32(13-12-31(17)8)23(33)22(30-25(35)38-27(5,6)7)19(16-36-9)18-10-11-21(20(28)14-18)29-24(34)37-26(2,3)4/h10-11,14,17,19,22H,12-13,15-16H2,1-9H3,(H,29,34)(H,30,35)/t17-,19?,22?/m1/s1. The van der Waals surface area contributed by atoms with Gasteiger partial charge in [0.05, 0.1) is 12.3 Å². The van der Waals surface area contributed by atoms with Crippen LogP contribution in [0.25, 0.3) is 0 Å². The molecular formula is C27H43FN4O6. The number of carbonyl (C=O) groups is 3. The third-order valence-electron chi connectivity index (χ3n) is 6.02. The van der Waals surface area contributed by atoms with Gasteiger partial charge in [0.25, 0.3) is 0 Å². The number of halogens is 1. The summed E-state index contributed by atoms with van der Waals surface area (Å²) >= 11 is 0. The Morgan fingerprint density at radius 3 is 2.18 bits per heavy atom. The maximum absolute atomic E-state index is 15.1. The number of ether oxygens (including phenoxy) is 3. The van der Waals surface area contributed by atoms with Gasteiger partial charge in [-0.2, -0.15) is 0 Å². The molecule has 0 bridgehead atoms. The Labute approximate surface area is 225 Å². The zero-order valence-corrected chi connectivity index (χ0v) is 24.0. The van der Waals surface area contributed by atoms with E-state index in [1.54, 1.807) is 52.5 Å². The summed E-state index contributed by atoms with van der Waals surface area (Å²) < 4.78 is 31.1. The fourth-order valence-electron chi connectivity index (χ4n) is 4.06. The Morgan fingerprint density at radius 2 is 1.66 bits per heavy atom. The fourth-order valence-corrected chi connectivity index (χ4v) is 4.06. The van der Waals surface area contributed by atoms with Gasteiger partial charge in [-0.25, -0.2) is 14.0 Å². The van der Waals surface area contributed by atoms with Crippen molar-refractivity contribution in [3.05, 3.63) is 29.6 Å². The Hall–Kier alpha value is -2.92. The number of piperazine rings is 1. The Morgan fingerprint density at radius 1 is 1.05 bits per heavy atom. The van der Waals surface area contributed by atoms with Crippen LogP contribution in [-0.4, -0.2) is 91.6 Å². The normalized spacial score (nSPS) is 18.4. The lowest BCUT2D eigenvalue weighted by atomic mass is 9.90. The first kappa shape index (κ1) is 31.3. The maximum Gasteiger partial charge on any atom is 0.412 e. The number of hydrogen-bond acceptors (Lipinski definition) is 7. The number of rotatable bonds is 7. The summed E-state index contributed by atoms with van der Waals surface area (Å²) in [7, 11) is 3.46. The summed E-state index contributed by atoms with van der Waals surface area (Å²) in [5, 5.41) is 5.11. The lowest BCUT2D eigenvalue weighted by molar-refractivity contribution is -0.137. The van der Waals surface area contributed by atoms with Crippen molar-refractivity contribution < 1.29 is 33.0 Å². The lowest BCUT2D eigenvalue weighted by Crippen LogP contribution is -2.59. The second kappa shape index (κ2) is 12.8. The van der Waals surface area contributed by atoms with E-state index < -0.39 is 41.2 Å². The minimum atomic E-state index is -1.08. The summed E-state index contributed by atoms with van der Waals surface area (Å²) in [6, 6.07) is 3.25. The third kappa shape index (κ3) is 9.43. The van der Waals surface area contributed by atoms with Gasteiger partial charge in [-0.05, 0) is 73.2 Å². The van der Waals surface area contributed by atoms with E-state index in [1.807, 2.05) is 14.0 Å². The number of likely N-dealkylation sites (N-methyl/N-ethyl adjacent to an activating group) is 1. The van der Waals surface area contributed by atoms with E-state index in [2.05, 4.69) is 15.5 Å². The number of amides is 3. The summed E-state index contributed by atoms with van der Waals surface area (Å²) in [6.07, 6.45) is -1.55. The molecule has 10 nitrogen and oxygen atoms in total. The second-order valence-electron chi connectivity index (χ2n) is 11.7. The van der Waals surface area contributed by atoms with Crippen molar-refractivity contribution in [2.45, 2.75) is 77.7 Å². The second-order valence-corrected chi connectivity index (χ2v) is 11.7. The minimum absolute atomic E-state index is 0.0216. The number of benzene rings is 1. The average molecular weight is 539 g/mol. The number of hydrogen-bond donors (Lipinski definition) is 2. The van der Waals surface area contributed by atoms with E-state index in [1.165, 1.54) is 19.2 Å². The van der Waals surface area contributed by atoms with Crippen LogP contribution < -0.4 is 10.6 Å². The van der Waals surface area contributed by atoms with Crippen LogP contribution >= 0.6 is 0 Å². The highest BCUT2D eigenvalue weighted by Crippen LogP contribution is 2.27. The quantitative estimate of drug-likeness (QED) is 0.541. The topological polar surface area (TPSA) is 109 Å². The molecule has 1 aliphatic heterocycles. The Bertz CT molecular complexity index is 991. The average Bonchev–Trinajstić information content (AvgIpc) is 2.76. The molecule has 0 spiro atoms. The van der Waals surface area contributed by atoms with E-state index in [4.69, 9.17) is 14.2 Å². The largest absolute Gasteiger partial charge is 0.444 e. The zero-order chi connectivity index (χ0) is 28.8. The molecule has 1 aromatic carbocycles. The van der Waals surface area contributed by atoms with Crippen LogP contribution in [0.3, 0.4) is 0 Å². The molecule has 3 atom stereocenters. The number of nitrogens with one attached hydrogen (secondary N) is 2. The number of carbonyl (C=O) groups excluding carboxylic acids is 3. The van der Waals surface area contributed by atoms with Gasteiger partial charge < -0.3 is 29.3 Å². The molecule has 0 aliphatic carbocycles. The monoisotopic (exact) mass is 538 g/mol. The first-order valence-corrected chi connectivity index (χ1v) is 12.8. The predicted molar refractivity (Wildman–Crippen MR) is 143 cm³/mol. The van der Waals surface area contributed by atoms with Crippen molar-refractivity contribution >= 4 is 23.8 Å². The van der Waals surface area contributed by atoms with Crippen molar-refractivity contribution in [1.29, 1.82) is 0 Å². The molecule has 0 saturated carbocycles. The highest BCUT2D eigenvalue weighted by Gasteiger charge is 2.37. The van der Waals surface area contributed by atoms with Crippen molar-refractivity contribution in [3.8, 4) is 0 Å². The first-order valence-electron chi connectivity index (χ1n) is 12.8. The van der Waals surface area contributed by atoms with Gasteiger partial charge in [-0.15, -0.1) is 0 Å². The van der Waals surface area contributed by atoms with Crippen molar-refractivity contribution in [2.24, 2.45) is 0 Å². The van der Waals surface area contributed by atoms with Crippen LogP contribution in [0.15, 0.2) is 18.2 Å². The molecular weight excluding hydrogens is 495 g/mol. The summed E-state index contributed by atoms with van der Waals surface area (Å²) in [5.74, 6) is -1.76. The van der Waals surface area contributed by atoms with Gasteiger partial charge in [0.1, 0.15) is 23.1 Å². The minimum Gasteiger partial charge on any atom is -0.444 e. The van der Waals surface area contributed by atoms with Crippen LogP contribution in [0, 0.1) is 5.82 Å². The van der Waals surface area contributed by atoms with Gasteiger partial charge in [-0.3, -0.25) is 10.1 Å². The van der Waals surface area contributed by atoms with E-state index in [9.17, 15) is 14.4 Å². The molecule has 38 heavy (non-hydrogen) atoms. The smallest absolute Gasteiger partial charge is 0.412 e. The van der Waals surface area contributed by atoms with Crippen LogP contribution in [-0.2, 0) is 19.0 Å². The molecule has 3 amide bonds. The molecule has 214 valence electrons. The molecule has 11 heteroatoms. The van der Waals surface area contributed by atoms with Gasteiger partial charge in [0.15, 0.2) is 0 Å². The zero-order valence-electron chi connectivity index (χ0n) is 24.0. The summed E-state index contributed by atoms with van der Waals surface area (Å²) in [5.41, 5.74) is -1.19. The SMILES string of the molecule is COCC(c1ccc(NC(=O)OC(C)(C)C)c(F)c1)C(NC(=O)OC(C)(C)C)C(=O)N1CCN(C)[C@H](C)C1. The van der Waals surface area contributed by atoms with Crippen LogP contribution in [0.2, 0.25) is 0 Å². The molecule has 1 heterocycles. The molecule has 1 aliphatic rings. The molecule has 0 aromatic heterocycles. The fraction of sp³-hybridized carbons (Fsp3) is 0.667. The maximum atomic E-state index is 15.1. The third-order valence-corrected chi connectivity index (χ3v) is 6.02. The Kier molecular flexibility index (Phi) is 10.5. The highest BCUT2D eigenvalue weighted by atomic mass is 19.1. The van der Waals surface area contributed by atoms with Crippen LogP contribution in [0.1, 0.15) is 59.9 Å². The van der Waals surface area contributed by atoms with Gasteiger partial charge >= 0.3 is 12.2 Å². The molecule has 2 N–H and O–H groups in total. The molecule has 1 fully saturated rings. The van der Waals surface area contributed by atoms with Gasteiger partial charge in [0.2, 0.25) is 5.91 Å². The van der Waals surface area contributed by atoms with E-state index in [0.717, 1.165) is 0 Å². The highest BCUT2D eigenvalue weighted by molar-refractivity contribution is 5.87. The van der Waals surface area contributed by atoms with Crippen molar-refractivity contribution in [2.75, 3.05) is 45.7 Å². The van der Waals surface area contributed by atoms with E-state index >= 15 is 4.39 Å². The lowest BCUT2D eigenvalue weighted by Gasteiger charge is -2.40. The molecule has 1 aromatic rings. The van der Waals surface area contributed by atoms with Gasteiger partial charge in [-0.1, -0.05) is 6.07 Å². The summed E-state index contributed by atoms with van der Waals surface area (Å²) in [4.78, 5) is 42.5. The number of nitrogens with zero attached hydrogens (tertiary/aromatic N) is 2. The molecule has 2 rings (SSSR count). The molecule has 1 saturated heterocycles. The van der Waals surface area contributed by atoms with Crippen LogP contribution in [0.5, 0.6) is 0 Å². The van der Waals surface area contributed by atoms with Crippen molar-refractivity contribution in [3.63, 3.8) is 0 Å². The van der Waals surface area contributed by atoms with Crippen molar-refractivity contribution in [1.82, 2.24) is 15.1 Å². The van der Waals surface area contributed by atoms with E-state index in [0.29, 0.717) is 25.2 Å². The number of methoxy groups -OCH3 is 1. The number of alkyl carbamates (subject to hydrolysis) is 1. The van der Waals surface area contributed by atoms with Gasteiger partial charge in [0, 0.05) is 38.7 Å². The Balaban J connectivity index is 2.39. The molecule has 0 radical (unpaired) electrons. The number of anilines is 1. The predicted octanol–water partition coefficient (Wildman–Crippen LogP) is 3.96. The molecule has 2 unspecified atom stereocenters. The van der Waals surface area contributed by atoms with Crippen LogP contribution in [0.4, 0.5) is 19.7 Å². The first-order chi connectivity index (χ1) is 17.5.